The number of methoxy groups -OCH3 is 1. The van der Waals surface area contributed by atoms with Crippen molar-refractivity contribution < 1.29 is 4.74 Å². The van der Waals surface area contributed by atoms with Crippen molar-refractivity contribution in [3.8, 4) is 11.8 Å². The maximum atomic E-state index is 8.88. The minimum absolute atomic E-state index is 0.502. The van der Waals surface area contributed by atoms with Crippen LogP contribution in [0.1, 0.15) is 5.56 Å². The fraction of sp³-hybridized carbons (Fsp3) is 0.222. The standard InChI is InChI=1S/C9H8ClNOS/c1-12-8-4-3-7(10)9(13-2)6(8)5-11/h3-4H,1-2H3. The van der Waals surface area contributed by atoms with Crippen LogP contribution < -0.4 is 4.74 Å². The predicted octanol–water partition coefficient (Wildman–Crippen LogP) is 2.94. The van der Waals surface area contributed by atoms with Gasteiger partial charge in [-0.1, -0.05) is 11.6 Å². The van der Waals surface area contributed by atoms with Gasteiger partial charge in [-0.15, -0.1) is 11.8 Å². The molecule has 4 heteroatoms. The van der Waals surface area contributed by atoms with Crippen LogP contribution in [0.2, 0.25) is 5.02 Å². The molecule has 2 nitrogen and oxygen atoms in total. The van der Waals surface area contributed by atoms with Crippen LogP contribution in [-0.4, -0.2) is 13.4 Å². The number of benzene rings is 1. The molecule has 0 bridgehead atoms. The molecule has 0 radical (unpaired) electrons. The zero-order chi connectivity index (χ0) is 9.84. The van der Waals surface area contributed by atoms with Gasteiger partial charge in [0, 0.05) is 4.90 Å². The smallest absolute Gasteiger partial charge is 0.137 e. The highest BCUT2D eigenvalue weighted by molar-refractivity contribution is 7.98. The number of nitriles is 1. The van der Waals surface area contributed by atoms with Crippen molar-refractivity contribution in [3.05, 3.63) is 22.7 Å². The van der Waals surface area contributed by atoms with Crippen LogP contribution in [0.4, 0.5) is 0 Å². The molecule has 1 rings (SSSR count). The Hall–Kier alpha value is -0.850. The number of thioether (sulfide) groups is 1. The van der Waals surface area contributed by atoms with Crippen molar-refractivity contribution in [3.63, 3.8) is 0 Å². The lowest BCUT2D eigenvalue weighted by Crippen LogP contribution is -1.90. The molecule has 0 heterocycles. The minimum atomic E-state index is 0.502. The number of nitrogens with zero attached hydrogens (tertiary/aromatic N) is 1. The van der Waals surface area contributed by atoms with Crippen LogP contribution >= 0.6 is 23.4 Å². The third kappa shape index (κ3) is 1.90. The fourth-order valence-corrected chi connectivity index (χ4v) is 2.02. The molecule has 68 valence electrons. The van der Waals surface area contributed by atoms with Crippen LogP contribution in [0, 0.1) is 11.3 Å². The van der Waals surface area contributed by atoms with Crippen molar-refractivity contribution in [1.82, 2.24) is 0 Å². The molecule has 0 N–H and O–H groups in total. The van der Waals surface area contributed by atoms with Gasteiger partial charge in [-0.05, 0) is 18.4 Å². The van der Waals surface area contributed by atoms with E-state index in [1.807, 2.05) is 6.26 Å². The van der Waals surface area contributed by atoms with E-state index in [-0.39, 0.29) is 0 Å². The summed E-state index contributed by atoms with van der Waals surface area (Å²) in [5.41, 5.74) is 0.502. The summed E-state index contributed by atoms with van der Waals surface area (Å²) >= 11 is 7.35. The van der Waals surface area contributed by atoms with Crippen molar-refractivity contribution in [1.29, 1.82) is 5.26 Å². The Labute approximate surface area is 86.5 Å². The van der Waals surface area contributed by atoms with Crippen LogP contribution in [-0.2, 0) is 0 Å². The Bertz CT molecular complexity index is 359. The molecule has 13 heavy (non-hydrogen) atoms. The van der Waals surface area contributed by atoms with E-state index in [0.717, 1.165) is 4.90 Å². The third-order valence-corrected chi connectivity index (χ3v) is 2.87. The lowest BCUT2D eigenvalue weighted by atomic mass is 10.2. The molecule has 0 amide bonds. The first-order valence-corrected chi connectivity index (χ1v) is 5.15. The summed E-state index contributed by atoms with van der Waals surface area (Å²) in [6.45, 7) is 0. The molecule has 0 aliphatic rings. The molecule has 0 spiro atoms. The molecule has 0 aliphatic heterocycles. The number of rotatable bonds is 2. The summed E-state index contributed by atoms with van der Waals surface area (Å²) in [7, 11) is 1.54. The van der Waals surface area contributed by atoms with Gasteiger partial charge in [0.05, 0.1) is 12.1 Å². The molecular weight excluding hydrogens is 206 g/mol. The fourth-order valence-electron chi connectivity index (χ4n) is 1.01. The van der Waals surface area contributed by atoms with Gasteiger partial charge in [0.15, 0.2) is 0 Å². The molecule has 0 saturated carbocycles. The van der Waals surface area contributed by atoms with E-state index in [1.165, 1.54) is 18.9 Å². The maximum absolute atomic E-state index is 8.88. The van der Waals surface area contributed by atoms with Gasteiger partial charge in [0.1, 0.15) is 17.4 Å². The number of hydrogen-bond donors (Lipinski definition) is 0. The normalized spacial score (nSPS) is 9.38. The zero-order valence-corrected chi connectivity index (χ0v) is 8.87. The Kier molecular flexibility index (Phi) is 3.47. The maximum Gasteiger partial charge on any atom is 0.137 e. The van der Waals surface area contributed by atoms with Crippen LogP contribution in [0.5, 0.6) is 5.75 Å². The van der Waals surface area contributed by atoms with E-state index in [1.54, 1.807) is 12.1 Å². The first kappa shape index (κ1) is 10.2. The Morgan fingerprint density at radius 2 is 2.23 bits per heavy atom. The molecule has 0 fully saturated rings. The van der Waals surface area contributed by atoms with E-state index in [2.05, 4.69) is 6.07 Å². The van der Waals surface area contributed by atoms with E-state index < -0.39 is 0 Å². The predicted molar refractivity (Wildman–Crippen MR) is 54.5 cm³/mol. The van der Waals surface area contributed by atoms with Crippen molar-refractivity contribution >= 4 is 23.4 Å². The topological polar surface area (TPSA) is 33.0 Å². The van der Waals surface area contributed by atoms with Crippen LogP contribution in [0.15, 0.2) is 17.0 Å². The molecule has 0 unspecified atom stereocenters. The second kappa shape index (κ2) is 4.40. The Balaban J connectivity index is 3.39. The second-order valence-corrected chi connectivity index (χ2v) is 3.49. The monoisotopic (exact) mass is 213 g/mol. The van der Waals surface area contributed by atoms with Gasteiger partial charge >= 0.3 is 0 Å². The number of halogens is 1. The minimum Gasteiger partial charge on any atom is -0.495 e. The first-order valence-electron chi connectivity index (χ1n) is 3.55. The first-order chi connectivity index (χ1) is 6.24. The summed E-state index contributed by atoms with van der Waals surface area (Å²) in [4.78, 5) is 0.767. The molecule has 0 aromatic heterocycles. The highest BCUT2D eigenvalue weighted by Crippen LogP contribution is 2.34. The molecule has 0 aliphatic carbocycles. The molecule has 0 saturated heterocycles. The molecule has 1 aromatic carbocycles. The van der Waals surface area contributed by atoms with Gasteiger partial charge in [0.2, 0.25) is 0 Å². The summed E-state index contributed by atoms with van der Waals surface area (Å²) < 4.78 is 5.04. The van der Waals surface area contributed by atoms with E-state index >= 15 is 0 Å². The second-order valence-electron chi connectivity index (χ2n) is 2.27. The summed E-state index contributed by atoms with van der Waals surface area (Å²) in [5, 5.41) is 9.47. The van der Waals surface area contributed by atoms with Gasteiger partial charge in [-0.25, -0.2) is 0 Å². The summed E-state index contributed by atoms with van der Waals surface area (Å²) in [5.74, 6) is 0.566. The van der Waals surface area contributed by atoms with Crippen molar-refractivity contribution in [2.24, 2.45) is 0 Å². The average Bonchev–Trinajstić information content (AvgIpc) is 2.17. The highest BCUT2D eigenvalue weighted by Gasteiger charge is 2.11. The van der Waals surface area contributed by atoms with Gasteiger partial charge in [0.25, 0.3) is 0 Å². The highest BCUT2D eigenvalue weighted by atomic mass is 35.5. The third-order valence-electron chi connectivity index (χ3n) is 1.61. The number of hydrogen-bond acceptors (Lipinski definition) is 3. The van der Waals surface area contributed by atoms with Crippen LogP contribution in [0.3, 0.4) is 0 Å². The van der Waals surface area contributed by atoms with E-state index in [0.29, 0.717) is 16.3 Å². The molecule has 0 atom stereocenters. The van der Waals surface area contributed by atoms with Gasteiger partial charge in [-0.2, -0.15) is 5.26 Å². The van der Waals surface area contributed by atoms with Crippen molar-refractivity contribution in [2.75, 3.05) is 13.4 Å². The van der Waals surface area contributed by atoms with E-state index in [4.69, 9.17) is 21.6 Å². The SMILES string of the molecule is COc1ccc(Cl)c(SC)c1C#N. The van der Waals surface area contributed by atoms with Crippen molar-refractivity contribution in [2.45, 2.75) is 4.90 Å². The summed E-state index contributed by atoms with van der Waals surface area (Å²) in [6, 6.07) is 5.50. The lowest BCUT2D eigenvalue weighted by molar-refractivity contribution is 0.412. The Morgan fingerprint density at radius 3 is 2.69 bits per heavy atom. The van der Waals surface area contributed by atoms with E-state index in [9.17, 15) is 0 Å². The average molecular weight is 214 g/mol. The molecular formula is C9H8ClNOS. The van der Waals surface area contributed by atoms with Gasteiger partial charge in [-0.3, -0.25) is 0 Å². The van der Waals surface area contributed by atoms with Gasteiger partial charge < -0.3 is 4.74 Å². The largest absolute Gasteiger partial charge is 0.495 e. The lowest BCUT2D eigenvalue weighted by Gasteiger charge is -2.07. The Morgan fingerprint density at radius 1 is 1.54 bits per heavy atom. The number of ether oxygens (including phenoxy) is 1. The quantitative estimate of drug-likeness (QED) is 0.709. The zero-order valence-electron chi connectivity index (χ0n) is 7.30. The molecule has 1 aromatic rings. The summed E-state index contributed by atoms with van der Waals surface area (Å²) in [6.07, 6.45) is 1.88. The van der Waals surface area contributed by atoms with Crippen LogP contribution in [0.25, 0.3) is 0 Å².